The molecule has 0 unspecified atom stereocenters. The molecule has 0 aliphatic carbocycles. The number of hydrogen-bond donors (Lipinski definition) is 2. The third-order valence-electron chi connectivity index (χ3n) is 5.55. The van der Waals surface area contributed by atoms with Crippen molar-refractivity contribution in [1.29, 1.82) is 0 Å². The van der Waals surface area contributed by atoms with Crippen LogP contribution in [0.1, 0.15) is 10.4 Å². The van der Waals surface area contributed by atoms with E-state index >= 15 is 0 Å². The molecular formula is C24H24ClN3O4S. The van der Waals surface area contributed by atoms with Crippen LogP contribution in [-0.2, 0) is 9.53 Å². The van der Waals surface area contributed by atoms with Crippen molar-refractivity contribution in [3.05, 3.63) is 64.5 Å². The normalized spacial score (nSPS) is 14.2. The van der Waals surface area contributed by atoms with Crippen molar-refractivity contribution in [2.24, 2.45) is 0 Å². The molecule has 0 bridgehead atoms. The first-order chi connectivity index (χ1) is 16.0. The summed E-state index contributed by atoms with van der Waals surface area (Å²) in [7, 11) is 1.32. The number of benzene rings is 2. The predicted molar refractivity (Wildman–Crippen MR) is 131 cm³/mol. The Labute approximate surface area is 201 Å². The number of thiophene rings is 1. The average molecular weight is 486 g/mol. The first-order valence-corrected chi connectivity index (χ1v) is 11.7. The zero-order valence-electron chi connectivity index (χ0n) is 18.1. The largest absolute Gasteiger partial charge is 0.508 e. The fraction of sp³-hybridized carbons (Fsp3) is 0.250. The van der Waals surface area contributed by atoms with Gasteiger partial charge in [-0.3, -0.25) is 9.69 Å². The monoisotopic (exact) mass is 485 g/mol. The number of amides is 1. The van der Waals surface area contributed by atoms with Crippen LogP contribution < -0.4 is 10.2 Å². The molecule has 1 aromatic heterocycles. The number of piperazine rings is 1. The van der Waals surface area contributed by atoms with Crippen LogP contribution in [-0.4, -0.2) is 61.7 Å². The van der Waals surface area contributed by atoms with Gasteiger partial charge in [0.25, 0.3) is 0 Å². The summed E-state index contributed by atoms with van der Waals surface area (Å²) in [6.07, 6.45) is 0. The van der Waals surface area contributed by atoms with Crippen molar-refractivity contribution in [3.8, 4) is 16.9 Å². The van der Waals surface area contributed by atoms with E-state index in [-0.39, 0.29) is 18.2 Å². The van der Waals surface area contributed by atoms with E-state index in [1.165, 1.54) is 18.4 Å². The lowest BCUT2D eigenvalue weighted by molar-refractivity contribution is -0.117. The molecule has 4 rings (SSSR count). The SMILES string of the molecule is COC(=O)c1c(-c2ccccc2Cl)csc1NC(=O)CN1CCN(c2ccc(O)cc2)CC1. The van der Waals surface area contributed by atoms with E-state index < -0.39 is 5.97 Å². The molecule has 1 aliphatic heterocycles. The fourth-order valence-corrected chi connectivity index (χ4v) is 5.03. The van der Waals surface area contributed by atoms with Gasteiger partial charge in [0.1, 0.15) is 16.3 Å². The second kappa shape index (κ2) is 10.2. The Morgan fingerprint density at radius 1 is 1.06 bits per heavy atom. The van der Waals surface area contributed by atoms with Crippen LogP contribution in [0.3, 0.4) is 0 Å². The van der Waals surface area contributed by atoms with Crippen LogP contribution >= 0.6 is 22.9 Å². The lowest BCUT2D eigenvalue weighted by atomic mass is 10.0. The van der Waals surface area contributed by atoms with Gasteiger partial charge in [-0.15, -0.1) is 11.3 Å². The van der Waals surface area contributed by atoms with Gasteiger partial charge in [-0.1, -0.05) is 29.8 Å². The number of esters is 1. The maximum atomic E-state index is 12.8. The molecule has 2 heterocycles. The van der Waals surface area contributed by atoms with Gasteiger partial charge < -0.3 is 20.1 Å². The van der Waals surface area contributed by atoms with Crippen LogP contribution in [0.15, 0.2) is 53.9 Å². The lowest BCUT2D eigenvalue weighted by Gasteiger charge is -2.35. The van der Waals surface area contributed by atoms with E-state index in [4.69, 9.17) is 16.3 Å². The second-order valence-corrected chi connectivity index (χ2v) is 8.94. The molecular weight excluding hydrogens is 462 g/mol. The number of nitrogens with zero attached hydrogens (tertiary/aromatic N) is 2. The third-order valence-corrected chi connectivity index (χ3v) is 6.78. The summed E-state index contributed by atoms with van der Waals surface area (Å²) in [6, 6.07) is 14.4. The zero-order chi connectivity index (χ0) is 23.4. The molecule has 1 saturated heterocycles. The van der Waals surface area contributed by atoms with Crippen LogP contribution in [0.2, 0.25) is 5.02 Å². The van der Waals surface area contributed by atoms with E-state index in [1.807, 2.05) is 30.3 Å². The van der Waals surface area contributed by atoms with Crippen molar-refractivity contribution in [1.82, 2.24) is 4.90 Å². The van der Waals surface area contributed by atoms with Crippen LogP contribution in [0, 0.1) is 0 Å². The molecule has 33 heavy (non-hydrogen) atoms. The molecule has 1 amide bonds. The zero-order valence-corrected chi connectivity index (χ0v) is 19.7. The maximum Gasteiger partial charge on any atom is 0.341 e. The summed E-state index contributed by atoms with van der Waals surface area (Å²) in [6.45, 7) is 3.24. The third kappa shape index (κ3) is 5.30. The summed E-state index contributed by atoms with van der Waals surface area (Å²) in [5, 5.41) is 15.1. The highest BCUT2D eigenvalue weighted by Gasteiger charge is 2.25. The number of rotatable bonds is 6. The van der Waals surface area contributed by atoms with E-state index in [0.717, 1.165) is 31.9 Å². The Morgan fingerprint density at radius 3 is 2.42 bits per heavy atom. The van der Waals surface area contributed by atoms with Gasteiger partial charge in [0.2, 0.25) is 5.91 Å². The number of carbonyl (C=O) groups excluding carboxylic acids is 2. The number of ether oxygens (including phenoxy) is 1. The summed E-state index contributed by atoms with van der Waals surface area (Å²) < 4.78 is 4.97. The molecule has 3 aromatic rings. The maximum absolute atomic E-state index is 12.8. The van der Waals surface area contributed by atoms with Gasteiger partial charge in [0, 0.05) is 53.4 Å². The number of phenolic OH excluding ortho intramolecular Hbond substituents is 1. The molecule has 1 fully saturated rings. The van der Waals surface area contributed by atoms with Gasteiger partial charge >= 0.3 is 5.97 Å². The van der Waals surface area contributed by atoms with E-state index in [1.54, 1.807) is 23.6 Å². The quantitative estimate of drug-likeness (QED) is 0.506. The van der Waals surface area contributed by atoms with Crippen molar-refractivity contribution in [2.75, 3.05) is 50.1 Å². The fourth-order valence-electron chi connectivity index (χ4n) is 3.83. The van der Waals surface area contributed by atoms with Gasteiger partial charge in [-0.2, -0.15) is 0 Å². The molecule has 9 heteroatoms. The number of phenols is 1. The Bertz CT molecular complexity index is 1140. The molecule has 0 spiro atoms. The minimum Gasteiger partial charge on any atom is -0.508 e. The number of nitrogens with one attached hydrogen (secondary N) is 1. The Kier molecular flexibility index (Phi) is 7.17. The number of aromatic hydroxyl groups is 1. The first-order valence-electron chi connectivity index (χ1n) is 10.5. The number of anilines is 2. The number of carbonyl (C=O) groups is 2. The van der Waals surface area contributed by atoms with Gasteiger partial charge in [0.05, 0.1) is 13.7 Å². The molecule has 0 saturated carbocycles. The Morgan fingerprint density at radius 2 is 1.76 bits per heavy atom. The smallest absolute Gasteiger partial charge is 0.341 e. The predicted octanol–water partition coefficient (Wildman–Crippen LogP) is 4.32. The van der Waals surface area contributed by atoms with Gasteiger partial charge in [0.15, 0.2) is 0 Å². The van der Waals surface area contributed by atoms with Crippen molar-refractivity contribution >= 4 is 45.5 Å². The molecule has 2 N–H and O–H groups in total. The second-order valence-electron chi connectivity index (χ2n) is 7.65. The lowest BCUT2D eigenvalue weighted by Crippen LogP contribution is -2.48. The molecule has 0 atom stereocenters. The highest BCUT2D eigenvalue weighted by molar-refractivity contribution is 7.15. The highest BCUT2D eigenvalue weighted by Crippen LogP contribution is 2.39. The summed E-state index contributed by atoms with van der Waals surface area (Å²) in [5.74, 6) is -0.471. The highest BCUT2D eigenvalue weighted by atomic mass is 35.5. The van der Waals surface area contributed by atoms with E-state index in [9.17, 15) is 14.7 Å². The van der Waals surface area contributed by atoms with Crippen LogP contribution in [0.5, 0.6) is 5.75 Å². The summed E-state index contributed by atoms with van der Waals surface area (Å²) in [5.41, 5.74) is 2.70. The summed E-state index contributed by atoms with van der Waals surface area (Å²) in [4.78, 5) is 29.6. The topological polar surface area (TPSA) is 82.1 Å². The van der Waals surface area contributed by atoms with Crippen LogP contribution in [0.4, 0.5) is 10.7 Å². The number of hydrogen-bond acceptors (Lipinski definition) is 7. The molecule has 2 aromatic carbocycles. The van der Waals surface area contributed by atoms with E-state index in [0.29, 0.717) is 26.7 Å². The van der Waals surface area contributed by atoms with Crippen molar-refractivity contribution in [3.63, 3.8) is 0 Å². The van der Waals surface area contributed by atoms with Crippen molar-refractivity contribution < 1.29 is 19.4 Å². The standard InChI is InChI=1S/C24H24ClN3O4S/c1-32-24(31)22-19(18-4-2-3-5-20(18)25)15-33-23(22)26-21(30)14-27-10-12-28(13-11-27)16-6-8-17(29)9-7-16/h2-9,15,29H,10-14H2,1H3,(H,26,30). The minimum atomic E-state index is -0.524. The Hall–Kier alpha value is -3.07. The summed E-state index contributed by atoms with van der Waals surface area (Å²) >= 11 is 7.60. The number of halogens is 1. The molecule has 7 nitrogen and oxygen atoms in total. The molecule has 0 radical (unpaired) electrons. The van der Waals surface area contributed by atoms with Gasteiger partial charge in [-0.05, 0) is 30.3 Å². The Balaban J connectivity index is 1.41. The first kappa shape index (κ1) is 23.1. The molecule has 172 valence electrons. The number of methoxy groups -OCH3 is 1. The van der Waals surface area contributed by atoms with Crippen LogP contribution in [0.25, 0.3) is 11.1 Å². The molecule has 1 aliphatic rings. The average Bonchev–Trinajstić information content (AvgIpc) is 3.23. The van der Waals surface area contributed by atoms with Crippen molar-refractivity contribution in [2.45, 2.75) is 0 Å². The van der Waals surface area contributed by atoms with Gasteiger partial charge in [-0.25, -0.2) is 4.79 Å². The minimum absolute atomic E-state index is 0.189. The van der Waals surface area contributed by atoms with E-state index in [2.05, 4.69) is 15.1 Å².